The van der Waals surface area contributed by atoms with Crippen LogP contribution >= 0.6 is 0 Å². The smallest absolute Gasteiger partial charge is 0.0935 e. The Morgan fingerprint density at radius 3 is 2.73 bits per heavy atom. The molecule has 2 unspecified atom stereocenters. The average molecular weight is 209 g/mol. The minimum Gasteiger partial charge on any atom is -0.472 e. The van der Waals surface area contributed by atoms with Gasteiger partial charge < -0.3 is 9.73 Å². The number of hydrogen-bond acceptors (Lipinski definition) is 2. The van der Waals surface area contributed by atoms with Gasteiger partial charge in [0.1, 0.15) is 0 Å². The maximum Gasteiger partial charge on any atom is 0.0935 e. The molecule has 2 heteroatoms. The van der Waals surface area contributed by atoms with Gasteiger partial charge in [0, 0.05) is 6.04 Å². The van der Waals surface area contributed by atoms with Crippen LogP contribution < -0.4 is 5.32 Å². The van der Waals surface area contributed by atoms with E-state index in [9.17, 15) is 0 Å². The molecule has 0 amide bonds. The van der Waals surface area contributed by atoms with Gasteiger partial charge in [-0.25, -0.2) is 0 Å². The highest BCUT2D eigenvalue weighted by Gasteiger charge is 2.16. The van der Waals surface area contributed by atoms with E-state index in [-0.39, 0.29) is 0 Å². The van der Waals surface area contributed by atoms with Gasteiger partial charge in [0.2, 0.25) is 0 Å². The summed E-state index contributed by atoms with van der Waals surface area (Å²) in [4.78, 5) is 0. The van der Waals surface area contributed by atoms with Crippen molar-refractivity contribution >= 4 is 0 Å². The van der Waals surface area contributed by atoms with Crippen molar-refractivity contribution in [1.82, 2.24) is 5.32 Å². The molecule has 0 spiro atoms. The van der Waals surface area contributed by atoms with Crippen LogP contribution in [0.4, 0.5) is 0 Å². The molecule has 0 aliphatic carbocycles. The summed E-state index contributed by atoms with van der Waals surface area (Å²) < 4.78 is 5.11. The van der Waals surface area contributed by atoms with Crippen molar-refractivity contribution in [2.75, 3.05) is 6.54 Å². The second-order valence-corrected chi connectivity index (χ2v) is 4.27. The van der Waals surface area contributed by atoms with Gasteiger partial charge in [-0.15, -0.1) is 0 Å². The van der Waals surface area contributed by atoms with Gasteiger partial charge in [0.15, 0.2) is 0 Å². The Kier molecular flexibility index (Phi) is 5.48. The van der Waals surface area contributed by atoms with Crippen molar-refractivity contribution < 1.29 is 4.42 Å². The van der Waals surface area contributed by atoms with E-state index >= 15 is 0 Å². The van der Waals surface area contributed by atoms with E-state index < -0.39 is 0 Å². The Labute approximate surface area is 93.1 Å². The maximum atomic E-state index is 5.11. The summed E-state index contributed by atoms with van der Waals surface area (Å²) in [6, 6.07) is 2.63. The molecule has 1 aromatic rings. The molecular formula is C13H23NO. The van der Waals surface area contributed by atoms with Crippen LogP contribution in [0.5, 0.6) is 0 Å². The summed E-state index contributed by atoms with van der Waals surface area (Å²) in [7, 11) is 0. The first-order chi connectivity index (χ1) is 7.27. The summed E-state index contributed by atoms with van der Waals surface area (Å²) in [5.74, 6) is 0.727. The molecule has 2 atom stereocenters. The third kappa shape index (κ3) is 4.08. The topological polar surface area (TPSA) is 25.2 Å². The standard InChI is InChI=1S/C13H23NO/c1-4-6-11(3)13(14-5-2)9-12-7-8-15-10-12/h7-8,10-11,13-14H,4-6,9H2,1-3H3. The number of furan rings is 1. The van der Waals surface area contributed by atoms with Crippen LogP contribution in [0.3, 0.4) is 0 Å². The van der Waals surface area contributed by atoms with E-state index in [0.29, 0.717) is 6.04 Å². The lowest BCUT2D eigenvalue weighted by molar-refractivity contribution is 0.357. The van der Waals surface area contributed by atoms with Gasteiger partial charge in [0.05, 0.1) is 12.5 Å². The van der Waals surface area contributed by atoms with Crippen molar-refractivity contribution in [3.8, 4) is 0 Å². The molecule has 1 aromatic heterocycles. The zero-order valence-corrected chi connectivity index (χ0v) is 10.1. The molecule has 0 fully saturated rings. The predicted octanol–water partition coefficient (Wildman–Crippen LogP) is 3.24. The summed E-state index contributed by atoms with van der Waals surface area (Å²) in [6.45, 7) is 7.78. The van der Waals surface area contributed by atoms with Crippen LogP contribution in [0, 0.1) is 5.92 Å². The molecule has 2 nitrogen and oxygen atoms in total. The molecule has 86 valence electrons. The fourth-order valence-electron chi connectivity index (χ4n) is 2.06. The summed E-state index contributed by atoms with van der Waals surface area (Å²) in [5, 5.41) is 3.56. The first-order valence-electron chi connectivity index (χ1n) is 6.02. The molecule has 0 aliphatic heterocycles. The summed E-state index contributed by atoms with van der Waals surface area (Å²) in [5.41, 5.74) is 1.30. The van der Waals surface area contributed by atoms with Gasteiger partial charge in [-0.2, -0.15) is 0 Å². The van der Waals surface area contributed by atoms with Gasteiger partial charge in [-0.3, -0.25) is 0 Å². The number of nitrogens with one attached hydrogen (secondary N) is 1. The average Bonchev–Trinajstić information content (AvgIpc) is 2.70. The monoisotopic (exact) mass is 209 g/mol. The molecule has 0 saturated carbocycles. The molecule has 0 aromatic carbocycles. The zero-order valence-electron chi connectivity index (χ0n) is 10.1. The number of rotatable bonds is 7. The predicted molar refractivity (Wildman–Crippen MR) is 63.9 cm³/mol. The quantitative estimate of drug-likeness (QED) is 0.745. The first-order valence-corrected chi connectivity index (χ1v) is 6.02. The fraction of sp³-hybridized carbons (Fsp3) is 0.692. The van der Waals surface area contributed by atoms with Crippen LogP contribution in [-0.2, 0) is 6.42 Å². The number of likely N-dealkylation sites (N-methyl/N-ethyl adjacent to an activating group) is 1. The van der Waals surface area contributed by atoms with Crippen molar-refractivity contribution in [2.45, 2.75) is 46.1 Å². The highest BCUT2D eigenvalue weighted by atomic mass is 16.3. The first kappa shape index (κ1) is 12.3. The van der Waals surface area contributed by atoms with E-state index in [1.807, 2.05) is 6.26 Å². The SMILES string of the molecule is CCCC(C)C(Cc1ccoc1)NCC. The Morgan fingerprint density at radius 2 is 2.20 bits per heavy atom. The van der Waals surface area contributed by atoms with Crippen molar-refractivity contribution in [1.29, 1.82) is 0 Å². The molecule has 0 radical (unpaired) electrons. The lowest BCUT2D eigenvalue weighted by Gasteiger charge is -2.24. The minimum atomic E-state index is 0.576. The Balaban J connectivity index is 2.49. The van der Waals surface area contributed by atoms with Gasteiger partial charge >= 0.3 is 0 Å². The fourth-order valence-corrected chi connectivity index (χ4v) is 2.06. The molecule has 0 saturated heterocycles. The molecule has 0 aliphatic rings. The normalized spacial score (nSPS) is 15.1. The Morgan fingerprint density at radius 1 is 1.40 bits per heavy atom. The lowest BCUT2D eigenvalue weighted by atomic mass is 9.92. The van der Waals surface area contributed by atoms with Crippen molar-refractivity contribution in [2.24, 2.45) is 5.92 Å². The minimum absolute atomic E-state index is 0.576. The van der Waals surface area contributed by atoms with Crippen LogP contribution in [0.2, 0.25) is 0 Å². The van der Waals surface area contributed by atoms with Crippen molar-refractivity contribution in [3.63, 3.8) is 0 Å². The van der Waals surface area contributed by atoms with Crippen LogP contribution in [0.1, 0.15) is 39.2 Å². The van der Waals surface area contributed by atoms with Gasteiger partial charge in [0.25, 0.3) is 0 Å². The highest BCUT2D eigenvalue weighted by Crippen LogP contribution is 2.15. The second-order valence-electron chi connectivity index (χ2n) is 4.27. The van der Waals surface area contributed by atoms with Crippen LogP contribution in [0.15, 0.2) is 23.0 Å². The maximum absolute atomic E-state index is 5.11. The Bertz CT molecular complexity index is 243. The summed E-state index contributed by atoms with van der Waals surface area (Å²) in [6.07, 6.45) is 7.22. The van der Waals surface area contributed by atoms with Crippen LogP contribution in [-0.4, -0.2) is 12.6 Å². The molecule has 0 bridgehead atoms. The largest absolute Gasteiger partial charge is 0.472 e. The molecule has 1 rings (SSSR count). The van der Waals surface area contributed by atoms with Gasteiger partial charge in [-0.05, 0) is 36.9 Å². The van der Waals surface area contributed by atoms with Gasteiger partial charge in [-0.1, -0.05) is 27.2 Å². The van der Waals surface area contributed by atoms with E-state index in [0.717, 1.165) is 18.9 Å². The lowest BCUT2D eigenvalue weighted by Crippen LogP contribution is -2.36. The summed E-state index contributed by atoms with van der Waals surface area (Å²) >= 11 is 0. The van der Waals surface area contributed by atoms with E-state index in [1.165, 1.54) is 18.4 Å². The Hall–Kier alpha value is -0.760. The number of hydrogen-bond donors (Lipinski definition) is 1. The van der Waals surface area contributed by atoms with Crippen LogP contribution in [0.25, 0.3) is 0 Å². The van der Waals surface area contributed by atoms with E-state index in [2.05, 4.69) is 32.2 Å². The highest BCUT2D eigenvalue weighted by molar-refractivity contribution is 5.07. The zero-order chi connectivity index (χ0) is 11.1. The third-order valence-corrected chi connectivity index (χ3v) is 2.93. The second kappa shape index (κ2) is 6.67. The molecule has 1 heterocycles. The van der Waals surface area contributed by atoms with E-state index in [1.54, 1.807) is 6.26 Å². The molecule has 1 N–H and O–H groups in total. The van der Waals surface area contributed by atoms with Crippen molar-refractivity contribution in [3.05, 3.63) is 24.2 Å². The molecular weight excluding hydrogens is 186 g/mol. The molecule has 15 heavy (non-hydrogen) atoms. The van der Waals surface area contributed by atoms with E-state index in [4.69, 9.17) is 4.42 Å². The third-order valence-electron chi connectivity index (χ3n) is 2.93.